The molecule has 0 spiro atoms. The van der Waals surface area contributed by atoms with Crippen LogP contribution in [0.2, 0.25) is 0 Å². The predicted molar refractivity (Wildman–Crippen MR) is 40.4 cm³/mol. The van der Waals surface area contributed by atoms with Crippen LogP contribution in [0.3, 0.4) is 0 Å². The van der Waals surface area contributed by atoms with Gasteiger partial charge in [-0.2, -0.15) is 0 Å². The van der Waals surface area contributed by atoms with Gasteiger partial charge in [0.25, 0.3) is 0 Å². The van der Waals surface area contributed by atoms with E-state index < -0.39 is 7.60 Å². The van der Waals surface area contributed by atoms with E-state index >= 15 is 0 Å². The minimum absolute atomic E-state index is 0.0594. The molecule has 0 bridgehead atoms. The molecular weight excluding hydrogens is 169 g/mol. The highest BCUT2D eigenvalue weighted by molar-refractivity contribution is 7.51. The second-order valence-corrected chi connectivity index (χ2v) is 3.98. The molecule has 11 heavy (non-hydrogen) atoms. The van der Waals surface area contributed by atoms with Gasteiger partial charge in [-0.3, -0.25) is 9.36 Å². The molecule has 0 aliphatic rings. The van der Waals surface area contributed by atoms with Crippen molar-refractivity contribution in [3.05, 3.63) is 0 Å². The van der Waals surface area contributed by atoms with Gasteiger partial charge in [-0.1, -0.05) is 0 Å². The fourth-order valence-corrected chi connectivity index (χ4v) is 0.872. The number of carbonyl (C=O) groups excluding carboxylic acids is 1. The van der Waals surface area contributed by atoms with Crippen molar-refractivity contribution < 1.29 is 18.8 Å². The van der Waals surface area contributed by atoms with Crippen molar-refractivity contribution in [1.82, 2.24) is 5.32 Å². The summed E-state index contributed by atoms with van der Waals surface area (Å²) in [5.41, 5.74) is 0. The van der Waals surface area contributed by atoms with E-state index in [1.807, 2.05) is 0 Å². The average Bonchev–Trinajstić information content (AvgIpc) is 1.78. The van der Waals surface area contributed by atoms with Gasteiger partial charge in [0.15, 0.2) is 0 Å². The molecule has 0 aromatic rings. The molecule has 2 N–H and O–H groups in total. The summed E-state index contributed by atoms with van der Waals surface area (Å²) in [6, 6.07) is 0. The van der Waals surface area contributed by atoms with Gasteiger partial charge in [-0.05, 0) is 0 Å². The first-order valence-electron chi connectivity index (χ1n) is 3.11. The Hall–Kier alpha value is -0.380. The Balaban J connectivity index is 3.29. The molecule has 0 aromatic heterocycles. The smallest absolute Gasteiger partial charge is 0.325 e. The topological polar surface area (TPSA) is 75.6 Å². The zero-order valence-corrected chi connectivity index (χ0v) is 7.43. The highest BCUT2D eigenvalue weighted by Crippen LogP contribution is 2.35. The quantitative estimate of drug-likeness (QED) is 0.471. The lowest BCUT2D eigenvalue weighted by atomic mass is 10.6. The van der Waals surface area contributed by atoms with Crippen LogP contribution in [0, 0.1) is 0 Å². The second kappa shape index (κ2) is 4.49. The van der Waals surface area contributed by atoms with Crippen molar-refractivity contribution in [3.63, 3.8) is 0 Å². The van der Waals surface area contributed by atoms with E-state index in [1.165, 1.54) is 6.92 Å². The van der Waals surface area contributed by atoms with E-state index in [1.54, 1.807) is 0 Å². The van der Waals surface area contributed by atoms with Crippen LogP contribution in [-0.2, 0) is 13.9 Å². The van der Waals surface area contributed by atoms with Gasteiger partial charge in [-0.25, -0.2) is 0 Å². The lowest BCUT2D eigenvalue weighted by Gasteiger charge is -2.06. The minimum Gasteiger partial charge on any atom is -0.354 e. The number of rotatable bonds is 4. The molecule has 66 valence electrons. The van der Waals surface area contributed by atoms with Crippen molar-refractivity contribution in [2.45, 2.75) is 6.92 Å². The number of hydrogen-bond acceptors (Lipinski definition) is 3. The van der Waals surface area contributed by atoms with E-state index in [9.17, 15) is 9.36 Å². The van der Waals surface area contributed by atoms with Gasteiger partial charge >= 0.3 is 7.60 Å². The number of nitrogens with one attached hydrogen (secondary N) is 1. The zero-order valence-electron chi connectivity index (χ0n) is 6.53. The van der Waals surface area contributed by atoms with Crippen LogP contribution < -0.4 is 5.32 Å². The monoisotopic (exact) mass is 181 g/mol. The van der Waals surface area contributed by atoms with Gasteiger partial charge in [-0.15, -0.1) is 0 Å². The normalized spacial score (nSPS) is 15.5. The minimum atomic E-state index is -3.38. The van der Waals surface area contributed by atoms with Gasteiger partial charge in [0.2, 0.25) is 5.91 Å². The maximum atomic E-state index is 10.5. The van der Waals surface area contributed by atoms with E-state index in [2.05, 4.69) is 9.84 Å². The Bertz CT molecular complexity index is 175. The summed E-state index contributed by atoms with van der Waals surface area (Å²) >= 11 is 0. The molecule has 5 nitrogen and oxygen atoms in total. The summed E-state index contributed by atoms with van der Waals surface area (Å²) in [7, 11) is -3.38. The molecule has 1 atom stereocenters. The van der Waals surface area contributed by atoms with Gasteiger partial charge in [0.05, 0.1) is 6.61 Å². The molecular formula is C5H12NO4P. The molecule has 0 fully saturated rings. The lowest BCUT2D eigenvalue weighted by Crippen LogP contribution is -2.23. The van der Waals surface area contributed by atoms with Crippen molar-refractivity contribution in [2.75, 3.05) is 19.8 Å². The average molecular weight is 181 g/mol. The largest absolute Gasteiger partial charge is 0.354 e. The SMILES string of the molecule is CC(=O)NCCOP(C)(=O)O. The Kier molecular flexibility index (Phi) is 4.33. The molecule has 0 aliphatic carbocycles. The van der Waals surface area contributed by atoms with E-state index in [0.717, 1.165) is 6.66 Å². The second-order valence-electron chi connectivity index (χ2n) is 2.12. The van der Waals surface area contributed by atoms with Crippen LogP contribution in [0.1, 0.15) is 6.92 Å². The molecule has 0 aliphatic heterocycles. The van der Waals surface area contributed by atoms with Crippen LogP contribution in [-0.4, -0.2) is 30.6 Å². The van der Waals surface area contributed by atoms with Crippen molar-refractivity contribution in [3.8, 4) is 0 Å². The van der Waals surface area contributed by atoms with Gasteiger partial charge in [0.1, 0.15) is 0 Å². The fraction of sp³-hybridized carbons (Fsp3) is 0.800. The van der Waals surface area contributed by atoms with Gasteiger partial charge < -0.3 is 14.7 Å². The molecule has 6 heteroatoms. The van der Waals surface area contributed by atoms with Crippen LogP contribution in [0.25, 0.3) is 0 Å². The molecule has 1 amide bonds. The highest BCUT2D eigenvalue weighted by atomic mass is 31.2. The zero-order chi connectivity index (χ0) is 8.91. The molecule has 0 aromatic carbocycles. The Morgan fingerprint density at radius 2 is 2.27 bits per heavy atom. The Morgan fingerprint density at radius 3 is 2.64 bits per heavy atom. The van der Waals surface area contributed by atoms with Crippen LogP contribution >= 0.6 is 7.60 Å². The summed E-state index contributed by atoms with van der Waals surface area (Å²) in [4.78, 5) is 18.9. The molecule has 0 rings (SSSR count). The molecule has 0 heterocycles. The third kappa shape index (κ3) is 9.62. The standard InChI is InChI=1S/C5H12NO4P/c1-5(7)6-3-4-10-11(2,8)9/h3-4H2,1-2H3,(H,6,7)(H,8,9). The lowest BCUT2D eigenvalue weighted by molar-refractivity contribution is -0.119. The first kappa shape index (κ1) is 10.6. The number of hydrogen-bond donors (Lipinski definition) is 2. The highest BCUT2D eigenvalue weighted by Gasteiger charge is 2.08. The third-order valence-corrected chi connectivity index (χ3v) is 1.47. The summed E-state index contributed by atoms with van der Waals surface area (Å²) in [5.74, 6) is -0.183. The maximum Gasteiger partial charge on any atom is 0.325 e. The number of carbonyl (C=O) groups is 1. The Morgan fingerprint density at radius 1 is 1.73 bits per heavy atom. The van der Waals surface area contributed by atoms with E-state index in [-0.39, 0.29) is 19.1 Å². The molecule has 0 radical (unpaired) electrons. The maximum absolute atomic E-state index is 10.5. The van der Waals surface area contributed by atoms with Crippen LogP contribution in [0.5, 0.6) is 0 Å². The van der Waals surface area contributed by atoms with Crippen LogP contribution in [0.4, 0.5) is 0 Å². The molecule has 0 saturated heterocycles. The first-order valence-corrected chi connectivity index (χ1v) is 5.13. The van der Waals surface area contributed by atoms with E-state index in [4.69, 9.17) is 4.89 Å². The number of amides is 1. The molecule has 0 saturated carbocycles. The third-order valence-electron chi connectivity index (χ3n) is 0.807. The van der Waals surface area contributed by atoms with Crippen molar-refractivity contribution in [2.24, 2.45) is 0 Å². The van der Waals surface area contributed by atoms with Gasteiger partial charge in [0, 0.05) is 20.1 Å². The Labute approximate surface area is 65.3 Å². The predicted octanol–water partition coefficient (Wildman–Crippen LogP) is -0.0457. The molecule has 1 unspecified atom stereocenters. The summed E-state index contributed by atoms with van der Waals surface area (Å²) < 4.78 is 15.0. The first-order chi connectivity index (χ1) is 4.92. The van der Waals surface area contributed by atoms with E-state index in [0.29, 0.717) is 0 Å². The summed E-state index contributed by atoms with van der Waals surface area (Å²) in [6.07, 6.45) is 0. The fourth-order valence-electron chi connectivity index (χ4n) is 0.442. The van der Waals surface area contributed by atoms with Crippen molar-refractivity contribution in [1.29, 1.82) is 0 Å². The summed E-state index contributed by atoms with van der Waals surface area (Å²) in [6.45, 7) is 2.78. The summed E-state index contributed by atoms with van der Waals surface area (Å²) in [5, 5.41) is 2.42. The van der Waals surface area contributed by atoms with Crippen LogP contribution in [0.15, 0.2) is 0 Å². The van der Waals surface area contributed by atoms with Crippen molar-refractivity contribution >= 4 is 13.5 Å².